The number of esters is 1. The van der Waals surface area contributed by atoms with Crippen LogP contribution in [0.2, 0.25) is 0 Å². The summed E-state index contributed by atoms with van der Waals surface area (Å²) in [6.45, 7) is 13.8. The monoisotopic (exact) mass is 1220 g/mol. The number of carbonyl (C=O) groups is 13. The molecule has 0 unspecified atom stereocenters. The molecule has 29 heteroatoms. The summed E-state index contributed by atoms with van der Waals surface area (Å²) in [4.78, 5) is 176. The average Bonchev–Trinajstić information content (AvgIpc) is 3.50. The Morgan fingerprint density at radius 2 is 1.05 bits per heavy atom. The first-order valence-electron chi connectivity index (χ1n) is 29.2. The van der Waals surface area contributed by atoms with Crippen LogP contribution in [-0.2, 0) is 73.5 Å². The second-order valence-electron chi connectivity index (χ2n) is 21.9. The number of cyclic esters (lactones) is 1. The smallest absolute Gasteiger partial charge is 0.329 e. The minimum atomic E-state index is -1.85. The summed E-state index contributed by atoms with van der Waals surface area (Å²) >= 11 is 0. The van der Waals surface area contributed by atoms with E-state index in [1.54, 1.807) is 62.4 Å². The fourth-order valence-electron chi connectivity index (χ4n) is 8.87. The summed E-state index contributed by atoms with van der Waals surface area (Å²) < 4.78 is 5.63. The molecule has 1 aromatic rings. The zero-order valence-electron chi connectivity index (χ0n) is 51.0. The number of aliphatic hydroxyl groups excluding tert-OH is 2. The molecule has 0 saturated carbocycles. The Bertz CT molecular complexity index is 2510. The van der Waals surface area contributed by atoms with Crippen molar-refractivity contribution in [3.8, 4) is 0 Å². The number of primary amides is 1. The van der Waals surface area contributed by atoms with Gasteiger partial charge in [0.15, 0.2) is 0 Å². The zero-order valence-corrected chi connectivity index (χ0v) is 51.0. The van der Waals surface area contributed by atoms with Gasteiger partial charge in [0.1, 0.15) is 66.5 Å². The summed E-state index contributed by atoms with van der Waals surface area (Å²) in [6, 6.07) is -6.92. The maximum absolute atomic E-state index is 14.4. The molecule has 0 radical (unpaired) electrons. The molecular formula is C57H92N12O17. The van der Waals surface area contributed by atoms with Crippen LogP contribution in [0.1, 0.15) is 126 Å². The third-order valence-electron chi connectivity index (χ3n) is 15.4. The van der Waals surface area contributed by atoms with E-state index in [1.165, 1.54) is 13.8 Å². The molecule has 1 saturated heterocycles. The summed E-state index contributed by atoms with van der Waals surface area (Å²) in [6.07, 6.45) is -1.82. The molecule has 0 aromatic heterocycles. The number of likely N-dealkylation sites (N-methyl/N-ethyl adjacent to an activating group) is 1. The Hall–Kier alpha value is -7.79. The molecule has 29 nitrogen and oxygen atoms in total. The van der Waals surface area contributed by atoms with Gasteiger partial charge >= 0.3 is 11.9 Å². The number of amides is 11. The number of benzene rings is 1. The van der Waals surface area contributed by atoms with Gasteiger partial charge in [-0.3, -0.25) is 57.5 Å². The molecule has 1 fully saturated rings. The molecule has 0 bridgehead atoms. The lowest BCUT2D eigenvalue weighted by Crippen LogP contribution is -2.63. The van der Waals surface area contributed by atoms with Crippen LogP contribution in [0.25, 0.3) is 0 Å². The van der Waals surface area contributed by atoms with E-state index in [0.717, 1.165) is 5.56 Å². The fraction of sp³-hybridized carbons (Fsp3) is 0.667. The van der Waals surface area contributed by atoms with Crippen LogP contribution in [0, 0.1) is 23.7 Å². The fourth-order valence-corrected chi connectivity index (χ4v) is 8.87. The van der Waals surface area contributed by atoms with Crippen molar-refractivity contribution in [2.24, 2.45) is 29.4 Å². The number of aliphatic carboxylic acids is 1. The second kappa shape index (κ2) is 36.9. The number of hydrogen-bond acceptors (Lipinski definition) is 17. The topological polar surface area (TPSA) is 450 Å². The van der Waals surface area contributed by atoms with Gasteiger partial charge in [0.05, 0.1) is 19.3 Å². The highest BCUT2D eigenvalue weighted by molar-refractivity contribution is 5.99. The van der Waals surface area contributed by atoms with Crippen LogP contribution in [0.3, 0.4) is 0 Å². The van der Waals surface area contributed by atoms with Crippen molar-refractivity contribution in [2.75, 3.05) is 20.3 Å². The van der Waals surface area contributed by atoms with Gasteiger partial charge in [0.2, 0.25) is 65.0 Å². The van der Waals surface area contributed by atoms with Crippen LogP contribution < -0.4 is 64.2 Å². The molecule has 1 aliphatic heterocycles. The Labute approximate surface area is 501 Å². The van der Waals surface area contributed by atoms with E-state index >= 15 is 0 Å². The summed E-state index contributed by atoms with van der Waals surface area (Å²) in [7, 11) is 1.59. The van der Waals surface area contributed by atoms with Crippen molar-refractivity contribution in [2.45, 2.75) is 200 Å². The maximum Gasteiger partial charge on any atom is 0.329 e. The summed E-state index contributed by atoms with van der Waals surface area (Å²) in [5.74, 6) is -15.1. The molecule has 86 heavy (non-hydrogen) atoms. The number of carboxylic acids is 1. The second-order valence-corrected chi connectivity index (χ2v) is 21.9. The molecule has 11 amide bonds. The van der Waals surface area contributed by atoms with E-state index in [4.69, 9.17) is 10.5 Å². The average molecular weight is 1220 g/mol. The molecule has 0 spiro atoms. The van der Waals surface area contributed by atoms with E-state index in [2.05, 4.69) is 58.5 Å². The third kappa shape index (κ3) is 23.2. The number of ether oxygens (including phenoxy) is 1. The Kier molecular flexibility index (Phi) is 31.9. The first-order chi connectivity index (χ1) is 40.5. The van der Waals surface area contributed by atoms with Gasteiger partial charge in [-0.1, -0.05) is 111 Å². The lowest BCUT2D eigenvalue weighted by molar-refractivity contribution is -0.157. The lowest BCUT2D eigenvalue weighted by atomic mass is 9.94. The van der Waals surface area contributed by atoms with Gasteiger partial charge < -0.3 is 84.3 Å². The van der Waals surface area contributed by atoms with Gasteiger partial charge in [0, 0.05) is 12.8 Å². The molecule has 1 aromatic carbocycles. The Balaban J connectivity index is 2.41. The predicted octanol–water partition coefficient (Wildman–Crippen LogP) is -3.07. The number of rotatable bonds is 33. The molecule has 482 valence electrons. The standard InChI is InChI=1S/C57H92N12O17/c1-12-28(5)42(66-50(78)37(59-11)25-34-19-17-16-18-20-34)53(81)63-38(26-70)51(79)62-35(21-23-40(58)72)48(76)65-44(30(7)14-3)55(83)67-43(29(6)13-2)54(82)64-39(27-71)52(80)69-46-33(10)86-57(85)45(31(8)15-4)68-49(77)36(22-24-41(73)74)61-47(75)32(9)60-56(46)84/h16-20,28-33,35-39,42-46,59,70-71H,12-15,21-27H2,1-11H3,(H2,58,72)(H,60,84)(H,61,75)(H,62,79)(H,63,81)(H,64,82)(H,65,76)(H,66,78)(H,67,83)(H,68,77)(H,69,80)(H,73,74)/t28-,29-,30+,31-,32-,33-,35+,36-,37+,38-,39-,42-,43-,44+,45-,46+/m0/s1. The van der Waals surface area contributed by atoms with Crippen molar-refractivity contribution in [3.63, 3.8) is 0 Å². The molecular weight excluding hydrogens is 1120 g/mol. The normalized spacial score (nSPS) is 21.3. The summed E-state index contributed by atoms with van der Waals surface area (Å²) in [5, 5.41) is 58.0. The maximum atomic E-state index is 14.4. The minimum absolute atomic E-state index is 0.239. The van der Waals surface area contributed by atoms with Gasteiger partial charge in [-0.05, 0) is 69.4 Å². The Morgan fingerprint density at radius 3 is 1.51 bits per heavy atom. The number of hydrogen-bond donors (Lipinski definition) is 15. The van der Waals surface area contributed by atoms with E-state index in [-0.39, 0.29) is 19.3 Å². The highest BCUT2D eigenvalue weighted by Gasteiger charge is 2.41. The number of nitrogens with one attached hydrogen (secondary N) is 11. The van der Waals surface area contributed by atoms with Crippen LogP contribution in [-0.4, -0.2) is 185 Å². The number of nitrogens with two attached hydrogens (primary N) is 1. The number of carboxylic acid groups (broad SMARTS) is 1. The van der Waals surface area contributed by atoms with Crippen molar-refractivity contribution in [1.82, 2.24) is 58.5 Å². The SMILES string of the molecule is CC[C@@H](C)[C@@H](NC(=O)[C@@H](CCC(N)=O)NC(=O)[C@H](CO)NC(=O)[C@@H](NC(=O)[C@@H](Cc1ccccc1)NC)[C@@H](C)CC)C(=O)N[C@H](C(=O)N[C@@H](CO)C(=O)N[C@H]1C(=O)N[C@@H](C)C(=O)N[C@@H](CCC(=O)O)C(=O)N[C@@H]([C@@H](C)CC)C(=O)O[C@H]1C)[C@@H](C)CC. The van der Waals surface area contributed by atoms with Crippen LogP contribution in [0.15, 0.2) is 30.3 Å². The van der Waals surface area contributed by atoms with Gasteiger partial charge in [-0.25, -0.2) is 4.79 Å². The minimum Gasteiger partial charge on any atom is -0.481 e. The number of aliphatic hydroxyl groups is 2. The first-order valence-corrected chi connectivity index (χ1v) is 29.2. The first kappa shape index (κ1) is 74.3. The molecule has 1 aliphatic rings. The van der Waals surface area contributed by atoms with E-state index < -0.39 is 206 Å². The Morgan fingerprint density at radius 1 is 0.581 bits per heavy atom. The van der Waals surface area contributed by atoms with Crippen LogP contribution in [0.5, 0.6) is 0 Å². The van der Waals surface area contributed by atoms with Gasteiger partial charge in [0.25, 0.3) is 0 Å². The molecule has 16 N–H and O–H groups in total. The highest BCUT2D eigenvalue weighted by Crippen LogP contribution is 2.17. The zero-order chi connectivity index (χ0) is 65.1. The molecule has 1 heterocycles. The van der Waals surface area contributed by atoms with Crippen molar-refractivity contribution >= 4 is 76.9 Å². The van der Waals surface area contributed by atoms with Crippen molar-refractivity contribution < 1.29 is 82.4 Å². The molecule has 2 rings (SSSR count). The van der Waals surface area contributed by atoms with E-state index in [0.29, 0.717) is 19.3 Å². The van der Waals surface area contributed by atoms with Crippen LogP contribution in [0.4, 0.5) is 0 Å². The number of carbonyl (C=O) groups excluding carboxylic acids is 12. The van der Waals surface area contributed by atoms with Crippen LogP contribution >= 0.6 is 0 Å². The van der Waals surface area contributed by atoms with E-state index in [1.807, 2.05) is 30.3 Å². The lowest BCUT2D eigenvalue weighted by Gasteiger charge is -2.31. The predicted molar refractivity (Wildman–Crippen MR) is 311 cm³/mol. The summed E-state index contributed by atoms with van der Waals surface area (Å²) in [5.41, 5.74) is 6.29. The molecule has 0 aliphatic carbocycles. The quantitative estimate of drug-likeness (QED) is 0.0311. The third-order valence-corrected chi connectivity index (χ3v) is 15.4. The van der Waals surface area contributed by atoms with Crippen molar-refractivity contribution in [1.29, 1.82) is 0 Å². The van der Waals surface area contributed by atoms with E-state index in [9.17, 15) is 77.6 Å². The largest absolute Gasteiger partial charge is 0.481 e. The van der Waals surface area contributed by atoms with Crippen molar-refractivity contribution in [3.05, 3.63) is 35.9 Å². The van der Waals surface area contributed by atoms with Gasteiger partial charge in [-0.15, -0.1) is 0 Å². The highest BCUT2D eigenvalue weighted by atomic mass is 16.5. The van der Waals surface area contributed by atoms with Gasteiger partial charge in [-0.2, -0.15) is 0 Å². The molecule has 16 atom stereocenters.